The molecule has 2 rings (SSSR count). The molecule has 1 heterocycles. The summed E-state index contributed by atoms with van der Waals surface area (Å²) in [5.41, 5.74) is 1.21. The number of methoxy groups -OCH3 is 2. The summed E-state index contributed by atoms with van der Waals surface area (Å²) in [5, 5.41) is 2.21. The van der Waals surface area contributed by atoms with Crippen molar-refractivity contribution in [2.24, 2.45) is 0 Å². The smallest absolute Gasteiger partial charge is 0.305 e. The Kier molecular flexibility index (Phi) is 14.6. The van der Waals surface area contributed by atoms with E-state index in [0.717, 1.165) is 32.1 Å². The maximum atomic E-state index is 11.5. The first-order valence-electron chi connectivity index (χ1n) is 14.4. The number of carbonyl (C=O) groups is 1. The Morgan fingerprint density at radius 2 is 1.82 bits per heavy atom. The highest BCUT2D eigenvalue weighted by atomic mass is 28.4. The van der Waals surface area contributed by atoms with Gasteiger partial charge in [-0.05, 0) is 49.9 Å². The van der Waals surface area contributed by atoms with E-state index in [0.29, 0.717) is 26.2 Å². The van der Waals surface area contributed by atoms with Gasteiger partial charge in [-0.15, -0.1) is 0 Å². The number of hydrogen-bond acceptors (Lipinski definition) is 8. The van der Waals surface area contributed by atoms with Crippen molar-refractivity contribution < 1.29 is 33.0 Å². The average molecular weight is 568 g/mol. The summed E-state index contributed by atoms with van der Waals surface area (Å²) in [6.07, 6.45) is 4.55. The Balaban J connectivity index is 2.13. The number of hydroxylamine groups is 2. The van der Waals surface area contributed by atoms with Gasteiger partial charge in [-0.1, -0.05) is 63.9 Å². The van der Waals surface area contributed by atoms with Gasteiger partial charge in [0, 0.05) is 26.1 Å². The lowest BCUT2D eigenvalue weighted by atomic mass is 9.98. The van der Waals surface area contributed by atoms with Crippen LogP contribution >= 0.6 is 0 Å². The van der Waals surface area contributed by atoms with E-state index in [1.54, 1.807) is 7.11 Å². The van der Waals surface area contributed by atoms with Crippen LogP contribution in [0.1, 0.15) is 71.8 Å². The lowest BCUT2D eigenvalue weighted by Gasteiger charge is -2.41. The van der Waals surface area contributed by atoms with Gasteiger partial charge >= 0.3 is 5.97 Å². The molecule has 0 bridgehead atoms. The van der Waals surface area contributed by atoms with Crippen LogP contribution in [0.15, 0.2) is 30.3 Å². The van der Waals surface area contributed by atoms with Crippen molar-refractivity contribution >= 4 is 14.3 Å². The molecule has 1 aromatic rings. The van der Waals surface area contributed by atoms with Crippen LogP contribution in [0.2, 0.25) is 18.1 Å². The highest BCUT2D eigenvalue weighted by Gasteiger charge is 2.44. The predicted octanol–water partition coefficient (Wildman–Crippen LogP) is 6.10. The van der Waals surface area contributed by atoms with Gasteiger partial charge < -0.3 is 23.4 Å². The first-order chi connectivity index (χ1) is 18.5. The van der Waals surface area contributed by atoms with Crippen LogP contribution in [0.5, 0.6) is 0 Å². The molecule has 8 nitrogen and oxygen atoms in total. The molecule has 0 aromatic heterocycles. The molecule has 0 saturated carbocycles. The molecule has 0 amide bonds. The third-order valence-electron chi connectivity index (χ3n) is 7.90. The van der Waals surface area contributed by atoms with Gasteiger partial charge in [-0.3, -0.25) is 9.63 Å². The Hall–Kier alpha value is -1.33. The number of esters is 1. The minimum atomic E-state index is -2.03. The van der Waals surface area contributed by atoms with E-state index in [2.05, 4.69) is 70.1 Å². The van der Waals surface area contributed by atoms with E-state index in [1.165, 1.54) is 12.7 Å². The van der Waals surface area contributed by atoms with E-state index < -0.39 is 8.32 Å². The average Bonchev–Trinajstić information content (AvgIpc) is 3.27. The van der Waals surface area contributed by atoms with Gasteiger partial charge in [0.25, 0.3) is 0 Å². The zero-order valence-electron chi connectivity index (χ0n) is 25.6. The maximum Gasteiger partial charge on any atom is 0.305 e. The molecular formula is C30H53NO7Si. The van der Waals surface area contributed by atoms with Crippen molar-refractivity contribution in [3.63, 3.8) is 0 Å². The summed E-state index contributed by atoms with van der Waals surface area (Å²) < 4.78 is 28.7. The number of benzene rings is 1. The zero-order valence-corrected chi connectivity index (χ0v) is 26.6. The lowest BCUT2D eigenvalue weighted by Crippen LogP contribution is -2.49. The fraction of sp³-hybridized carbons (Fsp3) is 0.767. The van der Waals surface area contributed by atoms with Crippen molar-refractivity contribution in [2.45, 2.75) is 115 Å². The molecule has 0 aliphatic carbocycles. The van der Waals surface area contributed by atoms with Gasteiger partial charge in [-0.25, -0.2) is 0 Å². The first kappa shape index (κ1) is 33.9. The van der Waals surface area contributed by atoms with Crippen LogP contribution in [0.3, 0.4) is 0 Å². The van der Waals surface area contributed by atoms with E-state index in [9.17, 15) is 4.79 Å². The molecule has 1 aromatic carbocycles. The molecule has 4 atom stereocenters. The number of rotatable bonds is 18. The SMILES string of the molecule is COCCOCO[C@@H]([C@@H]1C[C@@H](CCCCCC(=O)OC)N(Cc2ccccc2)O1)[C@@H](C)O[Si](C)(C)C(C)(C)C. The van der Waals surface area contributed by atoms with Gasteiger partial charge in [0.2, 0.25) is 0 Å². The van der Waals surface area contributed by atoms with Gasteiger partial charge in [0.1, 0.15) is 19.0 Å². The highest BCUT2D eigenvalue weighted by molar-refractivity contribution is 6.74. The number of hydrogen-bond donors (Lipinski definition) is 0. The zero-order chi connectivity index (χ0) is 28.9. The van der Waals surface area contributed by atoms with Gasteiger partial charge in [0.15, 0.2) is 8.32 Å². The van der Waals surface area contributed by atoms with E-state index in [4.69, 9.17) is 28.2 Å². The van der Waals surface area contributed by atoms with Gasteiger partial charge in [0.05, 0.1) is 26.4 Å². The summed E-state index contributed by atoms with van der Waals surface area (Å²) in [6, 6.07) is 10.7. The Morgan fingerprint density at radius 3 is 2.46 bits per heavy atom. The molecule has 1 saturated heterocycles. The molecule has 9 heteroatoms. The largest absolute Gasteiger partial charge is 0.469 e. The lowest BCUT2D eigenvalue weighted by molar-refractivity contribution is -0.224. The second-order valence-corrected chi connectivity index (χ2v) is 16.8. The highest BCUT2D eigenvalue weighted by Crippen LogP contribution is 2.39. The van der Waals surface area contributed by atoms with Crippen LogP contribution in [-0.2, 0) is 39.6 Å². The van der Waals surface area contributed by atoms with Gasteiger partial charge in [-0.2, -0.15) is 5.06 Å². The Labute approximate surface area is 237 Å². The molecule has 1 aliphatic heterocycles. The Bertz CT molecular complexity index is 817. The third-order valence-corrected chi connectivity index (χ3v) is 12.5. The molecule has 0 N–H and O–H groups in total. The topological polar surface area (TPSA) is 75.7 Å². The molecule has 0 spiro atoms. The predicted molar refractivity (Wildman–Crippen MR) is 156 cm³/mol. The molecule has 224 valence electrons. The standard InChI is InChI=1S/C30H53NO7Si/c1-24(38-39(7,8)30(2,3)4)29(36-23-35-20-19-33-5)27-21-26(17-13-10-14-18-28(32)34-6)31(37-27)22-25-15-11-9-12-16-25/h9,11-12,15-16,24,26-27,29H,10,13-14,17-23H2,1-8H3/t24-,26-,27+,29-/m1/s1. The Morgan fingerprint density at radius 1 is 1.10 bits per heavy atom. The van der Waals surface area contributed by atoms with E-state index >= 15 is 0 Å². The van der Waals surface area contributed by atoms with Crippen molar-refractivity contribution in [1.82, 2.24) is 5.06 Å². The minimum absolute atomic E-state index is 0.0867. The van der Waals surface area contributed by atoms with Crippen LogP contribution in [0.4, 0.5) is 0 Å². The van der Waals surface area contributed by atoms with Crippen molar-refractivity contribution in [3.8, 4) is 0 Å². The third kappa shape index (κ3) is 11.6. The molecule has 39 heavy (non-hydrogen) atoms. The first-order valence-corrected chi connectivity index (χ1v) is 17.3. The van der Waals surface area contributed by atoms with Crippen molar-refractivity contribution in [3.05, 3.63) is 35.9 Å². The molecule has 1 aliphatic rings. The summed E-state index contributed by atoms with van der Waals surface area (Å²) in [4.78, 5) is 18.1. The summed E-state index contributed by atoms with van der Waals surface area (Å²) in [6.45, 7) is 15.3. The van der Waals surface area contributed by atoms with Crippen LogP contribution < -0.4 is 0 Å². The molecule has 1 fully saturated rings. The normalized spacial score (nSPS) is 20.2. The molecule has 0 unspecified atom stereocenters. The number of nitrogens with zero attached hydrogens (tertiary/aromatic N) is 1. The maximum absolute atomic E-state index is 11.5. The second-order valence-electron chi connectivity index (χ2n) is 12.0. The van der Waals surface area contributed by atoms with Crippen molar-refractivity contribution in [2.75, 3.05) is 34.2 Å². The van der Waals surface area contributed by atoms with Crippen molar-refractivity contribution in [1.29, 1.82) is 0 Å². The summed E-state index contributed by atoms with van der Waals surface area (Å²) in [7, 11) is 1.07. The number of ether oxygens (including phenoxy) is 4. The quantitative estimate of drug-likeness (QED) is 0.0912. The molecular weight excluding hydrogens is 514 g/mol. The fourth-order valence-electron chi connectivity index (χ4n) is 4.58. The van der Waals surface area contributed by atoms with Crippen LogP contribution in [-0.4, -0.2) is 77.9 Å². The van der Waals surface area contributed by atoms with Crippen LogP contribution in [0, 0.1) is 0 Å². The summed E-state index contributed by atoms with van der Waals surface area (Å²) >= 11 is 0. The second kappa shape index (κ2) is 16.8. The number of carbonyl (C=O) groups excluding carboxylic acids is 1. The summed E-state index contributed by atoms with van der Waals surface area (Å²) in [5.74, 6) is -0.145. The van der Waals surface area contributed by atoms with E-state index in [1.807, 2.05) is 6.07 Å². The fourth-order valence-corrected chi connectivity index (χ4v) is 6.00. The van der Waals surface area contributed by atoms with Crippen LogP contribution in [0.25, 0.3) is 0 Å². The minimum Gasteiger partial charge on any atom is -0.469 e. The number of unbranched alkanes of at least 4 members (excludes halogenated alkanes) is 2. The van der Waals surface area contributed by atoms with E-state index in [-0.39, 0.29) is 42.2 Å². The monoisotopic (exact) mass is 567 g/mol. The molecule has 0 radical (unpaired) electrons.